The Bertz CT molecular complexity index is 976. The molecule has 4 rings (SSSR count). The molecular weight excluding hydrogens is 423 g/mol. The van der Waals surface area contributed by atoms with E-state index in [1.54, 1.807) is 16.2 Å². The van der Waals surface area contributed by atoms with Gasteiger partial charge in [0.15, 0.2) is 0 Å². The quantitative estimate of drug-likeness (QED) is 0.708. The van der Waals surface area contributed by atoms with Crippen molar-refractivity contribution >= 4 is 27.3 Å². The van der Waals surface area contributed by atoms with Gasteiger partial charge in [-0.25, -0.2) is 12.8 Å². The second kappa shape index (κ2) is 9.16. The average Bonchev–Trinajstić information content (AvgIpc) is 2.94. The number of amides is 1. The molecule has 0 N–H and O–H groups in total. The van der Waals surface area contributed by atoms with E-state index in [0.717, 1.165) is 29.9 Å². The van der Waals surface area contributed by atoms with Gasteiger partial charge in [0, 0.05) is 31.1 Å². The van der Waals surface area contributed by atoms with Gasteiger partial charge in [-0.15, -0.1) is 11.3 Å². The van der Waals surface area contributed by atoms with Crippen LogP contribution in [-0.4, -0.2) is 49.7 Å². The van der Waals surface area contributed by atoms with Gasteiger partial charge >= 0.3 is 0 Å². The molecule has 0 spiro atoms. The van der Waals surface area contributed by atoms with Gasteiger partial charge < -0.3 is 4.90 Å². The van der Waals surface area contributed by atoms with Crippen molar-refractivity contribution in [3.63, 3.8) is 0 Å². The van der Waals surface area contributed by atoms with Crippen LogP contribution in [0.25, 0.3) is 0 Å². The maximum absolute atomic E-state index is 13.2. The molecule has 1 saturated heterocycles. The fraction of sp³-hybridized carbons (Fsp3) is 0.500. The summed E-state index contributed by atoms with van der Waals surface area (Å²) in [7, 11) is -3.69. The Hall–Kier alpha value is -1.77. The fourth-order valence-corrected chi connectivity index (χ4v) is 6.89. The number of carbonyl (C=O) groups excluding carboxylic acids is 1. The van der Waals surface area contributed by atoms with Crippen LogP contribution in [0, 0.1) is 5.82 Å². The molecule has 0 atom stereocenters. The Morgan fingerprint density at radius 1 is 0.900 bits per heavy atom. The van der Waals surface area contributed by atoms with Crippen LogP contribution >= 0.6 is 11.3 Å². The van der Waals surface area contributed by atoms with Crippen LogP contribution in [0.3, 0.4) is 0 Å². The van der Waals surface area contributed by atoms with Crippen LogP contribution in [0.5, 0.6) is 0 Å². The molecule has 0 bridgehead atoms. The van der Waals surface area contributed by atoms with Crippen LogP contribution in [-0.2, 0) is 22.9 Å². The van der Waals surface area contributed by atoms with E-state index in [-0.39, 0.29) is 17.3 Å². The summed E-state index contributed by atoms with van der Waals surface area (Å²) in [5.41, 5.74) is 1.32. The maximum Gasteiger partial charge on any atom is 0.263 e. The van der Waals surface area contributed by atoms with E-state index in [1.807, 2.05) is 0 Å². The number of carbonyl (C=O) groups is 1. The standard InChI is InChI=1S/C22H27FN2O3S2/c23-18-8-10-19(11-9-18)30(27,28)25-13-5-12-24(14-15-25)22(26)21-16-17-6-3-1-2-4-7-20(17)29-21/h8-11,16H,1-7,12-15H2. The summed E-state index contributed by atoms with van der Waals surface area (Å²) >= 11 is 1.61. The zero-order chi connectivity index (χ0) is 21.1. The first-order valence-corrected chi connectivity index (χ1v) is 12.9. The highest BCUT2D eigenvalue weighted by Crippen LogP contribution is 2.29. The Morgan fingerprint density at radius 2 is 1.63 bits per heavy atom. The molecule has 0 radical (unpaired) electrons. The minimum Gasteiger partial charge on any atom is -0.337 e. The first-order valence-electron chi connectivity index (χ1n) is 10.6. The minimum atomic E-state index is -3.69. The third-order valence-corrected chi connectivity index (χ3v) is 9.04. The molecule has 1 fully saturated rings. The van der Waals surface area contributed by atoms with Gasteiger partial charge in [0.05, 0.1) is 9.77 Å². The Kier molecular flexibility index (Phi) is 6.55. The maximum atomic E-state index is 13.2. The van der Waals surface area contributed by atoms with Crippen LogP contribution in [0.15, 0.2) is 35.2 Å². The molecular formula is C22H27FN2O3S2. The van der Waals surface area contributed by atoms with E-state index in [0.29, 0.717) is 26.1 Å². The summed E-state index contributed by atoms with van der Waals surface area (Å²) in [6.45, 7) is 1.50. The van der Waals surface area contributed by atoms with E-state index >= 15 is 0 Å². The molecule has 2 aliphatic rings. The van der Waals surface area contributed by atoms with E-state index in [1.165, 1.54) is 52.6 Å². The van der Waals surface area contributed by atoms with Crippen molar-refractivity contribution in [2.45, 2.75) is 49.8 Å². The van der Waals surface area contributed by atoms with Crippen LogP contribution in [0.2, 0.25) is 0 Å². The lowest BCUT2D eigenvalue weighted by atomic mass is 10.00. The number of thiophene rings is 1. The number of aryl methyl sites for hydroxylation is 2. The second-order valence-corrected chi connectivity index (χ2v) is 11.1. The first kappa shape index (κ1) is 21.5. The number of hydrogen-bond acceptors (Lipinski definition) is 4. The third kappa shape index (κ3) is 4.60. The smallest absolute Gasteiger partial charge is 0.263 e. The number of rotatable bonds is 3. The first-order chi connectivity index (χ1) is 14.4. The molecule has 1 aliphatic carbocycles. The van der Waals surface area contributed by atoms with Gasteiger partial charge in [0.25, 0.3) is 5.91 Å². The van der Waals surface area contributed by atoms with Crippen molar-refractivity contribution in [3.05, 3.63) is 51.5 Å². The number of hydrogen-bond donors (Lipinski definition) is 0. The molecule has 2 aromatic rings. The van der Waals surface area contributed by atoms with Gasteiger partial charge in [0.2, 0.25) is 10.0 Å². The van der Waals surface area contributed by atoms with Gasteiger partial charge in [-0.3, -0.25) is 4.79 Å². The minimum absolute atomic E-state index is 0.00720. The molecule has 1 amide bonds. The SMILES string of the molecule is O=C(c1cc2c(s1)CCCCCC2)N1CCCN(S(=O)(=O)c2ccc(F)cc2)CC1. The molecule has 1 aliphatic heterocycles. The van der Waals surface area contributed by atoms with E-state index in [2.05, 4.69) is 6.07 Å². The summed E-state index contributed by atoms with van der Waals surface area (Å²) in [6.07, 6.45) is 7.55. The molecule has 1 aromatic carbocycles. The summed E-state index contributed by atoms with van der Waals surface area (Å²) in [4.78, 5) is 17.1. The molecule has 0 unspecified atom stereocenters. The number of fused-ring (bicyclic) bond motifs is 1. The molecule has 5 nitrogen and oxygen atoms in total. The van der Waals surface area contributed by atoms with Crippen LogP contribution < -0.4 is 0 Å². The molecule has 30 heavy (non-hydrogen) atoms. The van der Waals surface area contributed by atoms with Crippen molar-refractivity contribution in [2.24, 2.45) is 0 Å². The average molecular weight is 451 g/mol. The van der Waals surface area contributed by atoms with Gasteiger partial charge in [0.1, 0.15) is 5.82 Å². The zero-order valence-corrected chi connectivity index (χ0v) is 18.6. The van der Waals surface area contributed by atoms with Crippen molar-refractivity contribution in [2.75, 3.05) is 26.2 Å². The second-order valence-electron chi connectivity index (χ2n) is 7.98. The van der Waals surface area contributed by atoms with Crippen molar-refractivity contribution in [1.82, 2.24) is 9.21 Å². The number of halogens is 1. The Morgan fingerprint density at radius 3 is 2.40 bits per heavy atom. The van der Waals surface area contributed by atoms with E-state index in [9.17, 15) is 17.6 Å². The highest BCUT2D eigenvalue weighted by Gasteiger charge is 2.29. The summed E-state index contributed by atoms with van der Waals surface area (Å²) in [5, 5.41) is 0. The lowest BCUT2D eigenvalue weighted by molar-refractivity contribution is 0.0769. The largest absolute Gasteiger partial charge is 0.337 e. The van der Waals surface area contributed by atoms with E-state index < -0.39 is 15.8 Å². The monoisotopic (exact) mass is 450 g/mol. The van der Waals surface area contributed by atoms with Crippen molar-refractivity contribution in [3.8, 4) is 0 Å². The highest BCUT2D eigenvalue weighted by atomic mass is 32.2. The highest BCUT2D eigenvalue weighted by molar-refractivity contribution is 7.89. The number of sulfonamides is 1. The molecule has 1 aromatic heterocycles. The molecule has 162 valence electrons. The number of benzene rings is 1. The topological polar surface area (TPSA) is 57.7 Å². The predicted octanol–water partition coefficient (Wildman–Crippen LogP) is 4.08. The normalized spacial score (nSPS) is 18.9. The Labute approximate surface area is 181 Å². The van der Waals surface area contributed by atoms with Crippen molar-refractivity contribution < 1.29 is 17.6 Å². The lowest BCUT2D eigenvalue weighted by Gasteiger charge is -2.21. The predicted molar refractivity (Wildman–Crippen MR) is 116 cm³/mol. The van der Waals surface area contributed by atoms with Crippen LogP contribution in [0.4, 0.5) is 4.39 Å². The molecule has 0 saturated carbocycles. The summed E-state index contributed by atoms with van der Waals surface area (Å²) in [5.74, 6) is -0.459. The lowest BCUT2D eigenvalue weighted by Crippen LogP contribution is -2.37. The van der Waals surface area contributed by atoms with Crippen LogP contribution in [0.1, 0.15) is 52.2 Å². The molecule has 8 heteroatoms. The summed E-state index contributed by atoms with van der Waals surface area (Å²) < 4.78 is 40.4. The Balaban J connectivity index is 1.46. The fourth-order valence-electron chi connectivity index (χ4n) is 4.20. The summed E-state index contributed by atoms with van der Waals surface area (Å²) in [6, 6.07) is 6.96. The van der Waals surface area contributed by atoms with Gasteiger partial charge in [-0.05, 0) is 68.0 Å². The molecule has 2 heterocycles. The van der Waals surface area contributed by atoms with Gasteiger partial charge in [-0.1, -0.05) is 12.8 Å². The third-order valence-electron chi connectivity index (χ3n) is 5.90. The zero-order valence-electron chi connectivity index (χ0n) is 17.0. The van der Waals surface area contributed by atoms with Gasteiger partial charge in [-0.2, -0.15) is 4.31 Å². The van der Waals surface area contributed by atoms with Crippen molar-refractivity contribution in [1.29, 1.82) is 0 Å². The van der Waals surface area contributed by atoms with E-state index in [4.69, 9.17) is 0 Å². The number of nitrogens with zero attached hydrogens (tertiary/aromatic N) is 2.